The van der Waals surface area contributed by atoms with Crippen LogP contribution in [0.4, 0.5) is 4.79 Å². The van der Waals surface area contributed by atoms with Gasteiger partial charge in [0, 0.05) is 6.61 Å². The molecular weight excluding hydrogens is 358 g/mol. The Balaban J connectivity index is 1.48. The number of aliphatic hydroxyl groups is 1. The molecule has 2 aliphatic rings. The summed E-state index contributed by atoms with van der Waals surface area (Å²) < 4.78 is 17.0. The summed E-state index contributed by atoms with van der Waals surface area (Å²) in [4.78, 5) is 14.4. The van der Waals surface area contributed by atoms with E-state index in [-0.39, 0.29) is 18.2 Å². The van der Waals surface area contributed by atoms with Gasteiger partial charge in [0.25, 0.3) is 0 Å². The van der Waals surface area contributed by atoms with Crippen LogP contribution in [0, 0.1) is 0 Å². The predicted octanol–water partition coefficient (Wildman–Crippen LogP) is 3.51. The van der Waals surface area contributed by atoms with E-state index in [1.54, 1.807) is 4.90 Å². The minimum atomic E-state index is -0.784. The molecule has 2 unspecified atom stereocenters. The topological polar surface area (TPSA) is 68.2 Å². The zero-order chi connectivity index (χ0) is 20.2. The van der Waals surface area contributed by atoms with Gasteiger partial charge in [0.15, 0.2) is 0 Å². The molecule has 2 atom stereocenters. The fraction of sp³-hybridized carbons (Fsp3) is 0.682. The molecular formula is C22H33NO5. The summed E-state index contributed by atoms with van der Waals surface area (Å²) in [6.45, 7) is 7.70. The van der Waals surface area contributed by atoms with Crippen LogP contribution in [0.5, 0.6) is 0 Å². The molecule has 3 rings (SSSR count). The molecule has 0 radical (unpaired) electrons. The quantitative estimate of drug-likeness (QED) is 0.752. The maximum Gasteiger partial charge on any atom is 0.410 e. The van der Waals surface area contributed by atoms with Crippen molar-refractivity contribution in [2.75, 3.05) is 19.8 Å². The number of hydrogen-bond acceptors (Lipinski definition) is 5. The van der Waals surface area contributed by atoms with Crippen molar-refractivity contribution in [1.82, 2.24) is 4.90 Å². The highest BCUT2D eigenvalue weighted by Crippen LogP contribution is 2.38. The first-order chi connectivity index (χ1) is 13.3. The SMILES string of the molecule is CC(C)(C)OC(=O)N1C2COCC1CC(O)(CCCOCc1ccccc1)C2. The van der Waals surface area contributed by atoms with Gasteiger partial charge in [-0.25, -0.2) is 4.79 Å². The molecule has 2 fully saturated rings. The first-order valence-electron chi connectivity index (χ1n) is 10.2. The number of morpholine rings is 1. The molecule has 2 saturated heterocycles. The highest BCUT2D eigenvalue weighted by atomic mass is 16.6. The number of piperidine rings is 1. The molecule has 0 spiro atoms. The number of benzene rings is 1. The Morgan fingerprint density at radius 2 is 1.86 bits per heavy atom. The average molecular weight is 392 g/mol. The van der Waals surface area contributed by atoms with E-state index in [1.165, 1.54) is 0 Å². The molecule has 6 nitrogen and oxygen atoms in total. The Labute approximate surface area is 167 Å². The molecule has 1 aromatic carbocycles. The van der Waals surface area contributed by atoms with Crippen LogP contribution in [0.3, 0.4) is 0 Å². The summed E-state index contributed by atoms with van der Waals surface area (Å²) in [6, 6.07) is 9.79. The van der Waals surface area contributed by atoms with Gasteiger partial charge in [-0.2, -0.15) is 0 Å². The second kappa shape index (κ2) is 8.80. The van der Waals surface area contributed by atoms with E-state index >= 15 is 0 Å². The van der Waals surface area contributed by atoms with Crippen molar-refractivity contribution < 1.29 is 24.1 Å². The average Bonchev–Trinajstić information content (AvgIpc) is 2.60. The van der Waals surface area contributed by atoms with E-state index in [0.717, 1.165) is 12.0 Å². The minimum Gasteiger partial charge on any atom is -0.444 e. The van der Waals surface area contributed by atoms with Gasteiger partial charge in [-0.1, -0.05) is 30.3 Å². The molecule has 156 valence electrons. The second-order valence-corrected chi connectivity index (χ2v) is 9.01. The fourth-order valence-electron chi connectivity index (χ4n) is 4.16. The Bertz CT molecular complexity index is 628. The van der Waals surface area contributed by atoms with Gasteiger partial charge in [0.05, 0.1) is 37.5 Å². The van der Waals surface area contributed by atoms with Crippen molar-refractivity contribution in [3.8, 4) is 0 Å². The van der Waals surface area contributed by atoms with E-state index in [0.29, 0.717) is 45.7 Å². The first-order valence-corrected chi connectivity index (χ1v) is 10.2. The summed E-state index contributed by atoms with van der Waals surface area (Å²) in [7, 11) is 0. The molecule has 28 heavy (non-hydrogen) atoms. The molecule has 6 heteroatoms. The van der Waals surface area contributed by atoms with Gasteiger partial charge < -0.3 is 19.3 Å². The third-order valence-electron chi connectivity index (χ3n) is 5.29. The molecule has 2 aliphatic heterocycles. The van der Waals surface area contributed by atoms with Gasteiger partial charge in [-0.15, -0.1) is 0 Å². The number of ether oxygens (including phenoxy) is 3. The Morgan fingerprint density at radius 1 is 1.21 bits per heavy atom. The first kappa shape index (κ1) is 21.1. The van der Waals surface area contributed by atoms with Crippen LogP contribution in [0.2, 0.25) is 0 Å². The lowest BCUT2D eigenvalue weighted by Crippen LogP contribution is -2.64. The number of carbonyl (C=O) groups is 1. The molecule has 0 aliphatic carbocycles. The maximum atomic E-state index is 12.6. The van der Waals surface area contributed by atoms with E-state index in [9.17, 15) is 9.90 Å². The van der Waals surface area contributed by atoms with Crippen LogP contribution in [-0.2, 0) is 20.8 Å². The molecule has 0 saturated carbocycles. The van der Waals surface area contributed by atoms with Crippen molar-refractivity contribution >= 4 is 6.09 Å². The smallest absolute Gasteiger partial charge is 0.410 e. The number of nitrogens with zero attached hydrogens (tertiary/aromatic N) is 1. The lowest BCUT2D eigenvalue weighted by Gasteiger charge is -2.51. The molecule has 2 bridgehead atoms. The number of hydrogen-bond donors (Lipinski definition) is 1. The molecule has 2 heterocycles. The van der Waals surface area contributed by atoms with Crippen LogP contribution >= 0.6 is 0 Å². The Morgan fingerprint density at radius 3 is 2.46 bits per heavy atom. The third kappa shape index (κ3) is 5.69. The van der Waals surface area contributed by atoms with Gasteiger partial charge in [0.1, 0.15) is 5.60 Å². The van der Waals surface area contributed by atoms with Gasteiger partial charge >= 0.3 is 6.09 Å². The van der Waals surface area contributed by atoms with E-state index in [4.69, 9.17) is 14.2 Å². The summed E-state index contributed by atoms with van der Waals surface area (Å²) >= 11 is 0. The zero-order valence-corrected chi connectivity index (χ0v) is 17.2. The molecule has 0 aromatic heterocycles. The fourth-order valence-corrected chi connectivity index (χ4v) is 4.16. The molecule has 1 N–H and O–H groups in total. The lowest BCUT2D eigenvalue weighted by atomic mass is 9.78. The van der Waals surface area contributed by atoms with Crippen LogP contribution in [-0.4, -0.2) is 59.2 Å². The lowest BCUT2D eigenvalue weighted by molar-refractivity contribution is -0.141. The highest BCUT2D eigenvalue weighted by Gasteiger charge is 2.48. The molecule has 1 amide bonds. The normalized spacial score (nSPS) is 27.5. The Kier molecular flexibility index (Phi) is 6.63. The molecule has 1 aromatic rings. The van der Waals surface area contributed by atoms with Crippen molar-refractivity contribution in [3.05, 3.63) is 35.9 Å². The summed E-state index contributed by atoms with van der Waals surface area (Å²) in [6.07, 6.45) is 2.18. The van der Waals surface area contributed by atoms with Crippen molar-refractivity contribution in [3.63, 3.8) is 0 Å². The summed E-state index contributed by atoms with van der Waals surface area (Å²) in [5.74, 6) is 0. The van der Waals surface area contributed by atoms with Crippen molar-refractivity contribution in [1.29, 1.82) is 0 Å². The van der Waals surface area contributed by atoms with Crippen LogP contribution in [0.1, 0.15) is 52.0 Å². The standard InChI is InChI=1S/C22H33NO5/c1-21(2,3)28-20(24)23-18-12-22(25,13-19(23)16-27-15-18)10-7-11-26-14-17-8-5-4-6-9-17/h4-6,8-9,18-19,25H,7,10-16H2,1-3H3. The van der Waals surface area contributed by atoms with Crippen LogP contribution in [0.15, 0.2) is 30.3 Å². The highest BCUT2D eigenvalue weighted by molar-refractivity contribution is 5.69. The predicted molar refractivity (Wildman–Crippen MR) is 106 cm³/mol. The van der Waals surface area contributed by atoms with E-state index in [2.05, 4.69) is 0 Å². The number of carbonyl (C=O) groups excluding carboxylic acids is 1. The summed E-state index contributed by atoms with van der Waals surface area (Å²) in [5.41, 5.74) is -0.164. The van der Waals surface area contributed by atoms with Crippen LogP contribution < -0.4 is 0 Å². The van der Waals surface area contributed by atoms with Crippen molar-refractivity contribution in [2.24, 2.45) is 0 Å². The zero-order valence-electron chi connectivity index (χ0n) is 17.2. The van der Waals surface area contributed by atoms with Gasteiger partial charge in [-0.3, -0.25) is 4.90 Å². The summed E-state index contributed by atoms with van der Waals surface area (Å²) in [5, 5.41) is 11.1. The maximum absolute atomic E-state index is 12.6. The van der Waals surface area contributed by atoms with Crippen LogP contribution in [0.25, 0.3) is 0 Å². The monoisotopic (exact) mass is 391 g/mol. The second-order valence-electron chi connectivity index (χ2n) is 9.01. The largest absolute Gasteiger partial charge is 0.444 e. The minimum absolute atomic E-state index is 0.141. The number of fused-ring (bicyclic) bond motifs is 2. The van der Waals surface area contributed by atoms with E-state index in [1.807, 2.05) is 51.1 Å². The number of amides is 1. The third-order valence-corrected chi connectivity index (χ3v) is 5.29. The number of rotatable bonds is 6. The van der Waals surface area contributed by atoms with Gasteiger partial charge in [-0.05, 0) is 52.0 Å². The van der Waals surface area contributed by atoms with Gasteiger partial charge in [0.2, 0.25) is 0 Å². The van der Waals surface area contributed by atoms with E-state index < -0.39 is 11.2 Å². The van der Waals surface area contributed by atoms with Crippen molar-refractivity contribution in [2.45, 2.75) is 76.3 Å². The Hall–Kier alpha value is -1.63.